The predicted molar refractivity (Wildman–Crippen MR) is 144 cm³/mol. The van der Waals surface area contributed by atoms with Crippen molar-refractivity contribution in [3.05, 3.63) is 108 Å². The molecule has 0 spiro atoms. The molecule has 2 atom stereocenters. The molecule has 4 aromatic rings. The molecule has 1 aliphatic rings. The quantitative estimate of drug-likeness (QED) is 0.212. The van der Waals surface area contributed by atoms with Crippen LogP contribution in [0.15, 0.2) is 90.8 Å². The Morgan fingerprint density at radius 1 is 0.905 bits per heavy atom. The van der Waals surface area contributed by atoms with Gasteiger partial charge >= 0.3 is 12.5 Å². The zero-order valence-electron chi connectivity index (χ0n) is 22.1. The second-order valence-electron chi connectivity index (χ2n) is 9.59. The van der Waals surface area contributed by atoms with Crippen LogP contribution >= 0.6 is 0 Å². The lowest BCUT2D eigenvalue weighted by Gasteiger charge is -2.24. The Morgan fingerprint density at radius 2 is 1.69 bits per heavy atom. The third kappa shape index (κ3) is 7.12. The van der Waals surface area contributed by atoms with Crippen LogP contribution in [0.3, 0.4) is 0 Å². The zero-order valence-corrected chi connectivity index (χ0v) is 22.1. The van der Waals surface area contributed by atoms with Crippen LogP contribution in [0.1, 0.15) is 23.9 Å². The number of nitrogens with zero attached hydrogens (tertiary/aromatic N) is 3. The molecule has 0 saturated carbocycles. The van der Waals surface area contributed by atoms with E-state index in [1.807, 2.05) is 30.3 Å². The number of pyridine rings is 1. The highest BCUT2D eigenvalue weighted by Crippen LogP contribution is 2.37. The molecule has 2 heterocycles. The van der Waals surface area contributed by atoms with Crippen LogP contribution in [0.2, 0.25) is 0 Å². The van der Waals surface area contributed by atoms with Crippen molar-refractivity contribution in [2.75, 3.05) is 5.32 Å². The minimum Gasteiger partial charge on any atom is -0.369 e. The fraction of sp³-hybridized carbons (Fsp3) is 0.233. The largest absolute Gasteiger partial charge is 0.523 e. The van der Waals surface area contributed by atoms with Crippen LogP contribution in [0, 0.1) is 5.92 Å². The topological polar surface area (TPSA) is 69.2 Å². The zero-order chi connectivity index (χ0) is 29.9. The summed E-state index contributed by atoms with van der Waals surface area (Å²) in [5.41, 5.74) is 0.793. The number of alkyl halides is 6. The Labute approximate surface area is 236 Å². The van der Waals surface area contributed by atoms with E-state index in [0.29, 0.717) is 22.4 Å². The molecular formula is C30H24F6N4O2. The second kappa shape index (κ2) is 11.9. The number of allylic oxidation sites excluding steroid dienone is 1. The summed E-state index contributed by atoms with van der Waals surface area (Å²) in [5, 5.41) is 3.59. The number of hydrogen-bond acceptors (Lipinski definition) is 6. The van der Waals surface area contributed by atoms with E-state index in [1.165, 1.54) is 36.5 Å². The monoisotopic (exact) mass is 586 g/mol. The summed E-state index contributed by atoms with van der Waals surface area (Å²) in [6.07, 6.45) is -4.98. The molecule has 42 heavy (non-hydrogen) atoms. The highest BCUT2D eigenvalue weighted by Gasteiger charge is 2.36. The smallest absolute Gasteiger partial charge is 0.369 e. The number of anilines is 1. The lowest BCUT2D eigenvalue weighted by molar-refractivity contribution is -0.339. The minimum atomic E-state index is -4.78. The molecule has 0 saturated heterocycles. The van der Waals surface area contributed by atoms with Gasteiger partial charge in [0.2, 0.25) is 0 Å². The predicted octanol–water partition coefficient (Wildman–Crippen LogP) is 7.83. The third-order valence-corrected chi connectivity index (χ3v) is 6.43. The summed E-state index contributed by atoms with van der Waals surface area (Å²) >= 11 is 0. The van der Waals surface area contributed by atoms with Gasteiger partial charge in [-0.15, -0.1) is 13.2 Å². The molecule has 218 valence electrons. The molecule has 12 heteroatoms. The van der Waals surface area contributed by atoms with Gasteiger partial charge in [0.15, 0.2) is 5.82 Å². The molecule has 0 radical (unpaired) electrons. The van der Waals surface area contributed by atoms with Gasteiger partial charge in [-0.2, -0.15) is 13.2 Å². The normalized spacial score (nSPS) is 17.4. The van der Waals surface area contributed by atoms with E-state index in [-0.39, 0.29) is 30.3 Å². The van der Waals surface area contributed by atoms with Crippen LogP contribution in [-0.4, -0.2) is 27.4 Å². The van der Waals surface area contributed by atoms with Crippen molar-refractivity contribution >= 4 is 16.7 Å². The molecule has 6 nitrogen and oxygen atoms in total. The van der Waals surface area contributed by atoms with Gasteiger partial charge in [-0.25, -0.2) is 9.97 Å². The van der Waals surface area contributed by atoms with E-state index < -0.39 is 30.1 Å². The molecule has 0 bridgehead atoms. The minimum absolute atomic E-state index is 0.00604. The lowest BCUT2D eigenvalue weighted by Crippen LogP contribution is -2.29. The molecular weight excluding hydrogens is 562 g/mol. The summed E-state index contributed by atoms with van der Waals surface area (Å²) in [6.45, 7) is 1.85. The molecule has 2 unspecified atom stereocenters. The van der Waals surface area contributed by atoms with Crippen LogP contribution < -0.4 is 5.32 Å². The SMILES string of the molecule is CC1C=C(Nc2nc(COCc3ccccc3)nc3cc(-c4ncccc4C(F)(F)F)ccc23)C=CC1OC(F)(F)F. The summed E-state index contributed by atoms with van der Waals surface area (Å²) in [6, 6.07) is 16.1. The Kier molecular flexibility index (Phi) is 8.28. The van der Waals surface area contributed by atoms with Gasteiger partial charge in [0, 0.05) is 28.8 Å². The first-order valence-electron chi connectivity index (χ1n) is 12.8. The van der Waals surface area contributed by atoms with Gasteiger partial charge < -0.3 is 10.1 Å². The Bertz CT molecular complexity index is 1620. The summed E-state index contributed by atoms with van der Waals surface area (Å²) in [4.78, 5) is 13.1. The van der Waals surface area contributed by atoms with Crippen LogP contribution in [0.25, 0.3) is 22.2 Å². The molecule has 2 aromatic carbocycles. The summed E-state index contributed by atoms with van der Waals surface area (Å²) in [7, 11) is 0. The van der Waals surface area contributed by atoms with Gasteiger partial charge in [0.25, 0.3) is 0 Å². The third-order valence-electron chi connectivity index (χ3n) is 6.43. The number of aromatic nitrogens is 3. The van der Waals surface area contributed by atoms with E-state index >= 15 is 0 Å². The van der Waals surface area contributed by atoms with Gasteiger partial charge in [-0.3, -0.25) is 9.72 Å². The number of fused-ring (bicyclic) bond motifs is 1. The van der Waals surface area contributed by atoms with E-state index in [9.17, 15) is 26.3 Å². The highest BCUT2D eigenvalue weighted by molar-refractivity contribution is 5.92. The van der Waals surface area contributed by atoms with Gasteiger partial charge in [0.1, 0.15) is 12.4 Å². The van der Waals surface area contributed by atoms with Crippen molar-refractivity contribution < 1.29 is 35.8 Å². The maximum absolute atomic E-state index is 13.7. The molecule has 5 rings (SSSR count). The van der Waals surface area contributed by atoms with Crippen molar-refractivity contribution in [3.63, 3.8) is 0 Å². The number of benzene rings is 2. The van der Waals surface area contributed by atoms with Crippen molar-refractivity contribution in [1.82, 2.24) is 15.0 Å². The number of nitrogens with one attached hydrogen (secondary N) is 1. The van der Waals surface area contributed by atoms with Crippen LogP contribution in [-0.2, 0) is 28.9 Å². The first-order chi connectivity index (χ1) is 20.0. The van der Waals surface area contributed by atoms with Crippen LogP contribution in [0.4, 0.5) is 32.2 Å². The van der Waals surface area contributed by atoms with Crippen molar-refractivity contribution in [1.29, 1.82) is 0 Å². The first kappa shape index (κ1) is 29.2. The van der Waals surface area contributed by atoms with E-state index in [2.05, 4.69) is 25.0 Å². The molecule has 2 aromatic heterocycles. The van der Waals surface area contributed by atoms with Crippen molar-refractivity contribution in [2.24, 2.45) is 5.92 Å². The first-order valence-corrected chi connectivity index (χ1v) is 12.8. The fourth-order valence-electron chi connectivity index (χ4n) is 4.51. The Morgan fingerprint density at radius 3 is 2.40 bits per heavy atom. The highest BCUT2D eigenvalue weighted by atomic mass is 19.4. The Hall–Kier alpha value is -4.29. The number of halogens is 6. The van der Waals surface area contributed by atoms with Crippen LogP contribution in [0.5, 0.6) is 0 Å². The van der Waals surface area contributed by atoms with E-state index in [4.69, 9.17) is 4.74 Å². The van der Waals surface area contributed by atoms with Crippen molar-refractivity contribution in [3.8, 4) is 11.3 Å². The number of rotatable bonds is 8. The molecule has 0 aliphatic heterocycles. The molecule has 0 fully saturated rings. The van der Waals surface area contributed by atoms with Gasteiger partial charge in [0.05, 0.1) is 29.5 Å². The van der Waals surface area contributed by atoms with Gasteiger partial charge in [-0.1, -0.05) is 55.5 Å². The standard InChI is InChI=1S/C30H24F6N4O2/c1-18-14-21(10-12-25(18)42-30(34,35)36)38-28-22-11-9-20(27-23(29(31,32)33)8-5-13-37-27)15-24(22)39-26(40-28)17-41-16-19-6-3-2-4-7-19/h2-15,18,25H,16-17H2,1H3,(H,38,39,40). The fourth-order valence-corrected chi connectivity index (χ4v) is 4.51. The molecule has 1 aliphatic carbocycles. The maximum atomic E-state index is 13.7. The number of hydrogen-bond donors (Lipinski definition) is 1. The Balaban J connectivity index is 1.49. The van der Waals surface area contributed by atoms with Gasteiger partial charge in [-0.05, 0) is 35.9 Å². The van der Waals surface area contributed by atoms with Crippen molar-refractivity contribution in [2.45, 2.75) is 38.8 Å². The lowest BCUT2D eigenvalue weighted by atomic mass is 9.98. The summed E-state index contributed by atoms with van der Waals surface area (Å²) in [5.74, 6) is -0.0560. The summed E-state index contributed by atoms with van der Waals surface area (Å²) < 4.78 is 89.3. The van der Waals surface area contributed by atoms with E-state index in [1.54, 1.807) is 19.1 Å². The average Bonchev–Trinajstić information content (AvgIpc) is 2.94. The number of ether oxygens (including phenoxy) is 2. The molecule has 0 amide bonds. The average molecular weight is 587 g/mol. The second-order valence-corrected chi connectivity index (χ2v) is 9.59. The van der Waals surface area contributed by atoms with E-state index in [0.717, 1.165) is 11.6 Å². The molecule has 1 N–H and O–H groups in total. The maximum Gasteiger partial charge on any atom is 0.523 e.